The SMILES string of the molecule is CC(NCc1ccc(Cl)s1)c1sccc1Br. The van der Waals surface area contributed by atoms with Crippen LogP contribution in [0.3, 0.4) is 0 Å². The van der Waals surface area contributed by atoms with Gasteiger partial charge in [0.05, 0.1) is 4.34 Å². The van der Waals surface area contributed by atoms with Crippen LogP contribution in [0.25, 0.3) is 0 Å². The first-order valence-electron chi connectivity index (χ1n) is 4.87. The lowest BCUT2D eigenvalue weighted by Crippen LogP contribution is -2.16. The Bertz CT molecular complexity index is 466. The second kappa shape index (κ2) is 5.65. The molecule has 0 fully saturated rings. The molecule has 0 aliphatic rings. The lowest BCUT2D eigenvalue weighted by molar-refractivity contribution is 0.585. The van der Waals surface area contributed by atoms with Crippen LogP contribution in [0.15, 0.2) is 28.1 Å². The fraction of sp³-hybridized carbons (Fsp3) is 0.273. The Morgan fingerprint density at radius 3 is 2.81 bits per heavy atom. The summed E-state index contributed by atoms with van der Waals surface area (Å²) < 4.78 is 2.03. The van der Waals surface area contributed by atoms with Crippen LogP contribution in [-0.4, -0.2) is 0 Å². The van der Waals surface area contributed by atoms with E-state index in [1.54, 1.807) is 22.7 Å². The van der Waals surface area contributed by atoms with E-state index in [1.807, 2.05) is 6.07 Å². The van der Waals surface area contributed by atoms with Crippen molar-refractivity contribution in [3.8, 4) is 0 Å². The summed E-state index contributed by atoms with van der Waals surface area (Å²) >= 11 is 12.8. The number of halogens is 2. The number of nitrogens with one attached hydrogen (secondary N) is 1. The van der Waals surface area contributed by atoms with Crippen LogP contribution < -0.4 is 5.32 Å². The van der Waals surface area contributed by atoms with Crippen molar-refractivity contribution in [2.24, 2.45) is 0 Å². The van der Waals surface area contributed by atoms with Crippen LogP contribution in [0.5, 0.6) is 0 Å². The van der Waals surface area contributed by atoms with Crippen molar-refractivity contribution >= 4 is 50.2 Å². The van der Waals surface area contributed by atoms with Crippen molar-refractivity contribution in [3.63, 3.8) is 0 Å². The third-order valence-electron chi connectivity index (χ3n) is 2.25. The van der Waals surface area contributed by atoms with Gasteiger partial charge in [0.1, 0.15) is 0 Å². The summed E-state index contributed by atoms with van der Waals surface area (Å²) in [5.74, 6) is 0. The molecule has 1 nitrogen and oxygen atoms in total. The monoisotopic (exact) mass is 335 g/mol. The van der Waals surface area contributed by atoms with Gasteiger partial charge in [-0.1, -0.05) is 11.6 Å². The topological polar surface area (TPSA) is 12.0 Å². The van der Waals surface area contributed by atoms with Crippen molar-refractivity contribution in [2.45, 2.75) is 19.5 Å². The zero-order valence-electron chi connectivity index (χ0n) is 8.67. The molecular formula is C11H11BrClNS2. The van der Waals surface area contributed by atoms with E-state index in [-0.39, 0.29) is 0 Å². The predicted octanol–water partition coefficient (Wildman–Crippen LogP) is 5.08. The minimum atomic E-state index is 0.357. The Kier molecular flexibility index (Phi) is 4.44. The summed E-state index contributed by atoms with van der Waals surface area (Å²) in [4.78, 5) is 2.60. The largest absolute Gasteiger partial charge is 0.305 e. The second-order valence-electron chi connectivity index (χ2n) is 3.44. The van der Waals surface area contributed by atoms with Crippen LogP contribution >= 0.6 is 50.2 Å². The van der Waals surface area contributed by atoms with E-state index < -0.39 is 0 Å². The lowest BCUT2D eigenvalue weighted by Gasteiger charge is -2.11. The average molecular weight is 337 g/mol. The lowest BCUT2D eigenvalue weighted by atomic mass is 10.2. The van der Waals surface area contributed by atoms with Crippen LogP contribution in [0.1, 0.15) is 22.7 Å². The molecule has 1 N–H and O–H groups in total. The smallest absolute Gasteiger partial charge is 0.0931 e. The fourth-order valence-corrected chi connectivity index (χ4v) is 4.20. The molecule has 2 rings (SSSR count). The molecule has 5 heteroatoms. The van der Waals surface area contributed by atoms with Crippen molar-refractivity contribution in [1.29, 1.82) is 0 Å². The molecule has 0 radical (unpaired) electrons. The normalized spacial score (nSPS) is 12.9. The first-order valence-corrected chi connectivity index (χ1v) is 7.74. The number of thiophene rings is 2. The predicted molar refractivity (Wildman–Crippen MR) is 76.6 cm³/mol. The number of hydrogen-bond acceptors (Lipinski definition) is 3. The van der Waals surface area contributed by atoms with Gasteiger partial charge in [0, 0.05) is 26.8 Å². The van der Waals surface area contributed by atoms with E-state index in [0.717, 1.165) is 10.9 Å². The van der Waals surface area contributed by atoms with Crippen LogP contribution in [0, 0.1) is 0 Å². The van der Waals surface area contributed by atoms with Gasteiger partial charge in [-0.2, -0.15) is 0 Å². The Balaban J connectivity index is 1.93. The van der Waals surface area contributed by atoms with E-state index in [9.17, 15) is 0 Å². The van der Waals surface area contributed by atoms with Crippen molar-refractivity contribution < 1.29 is 0 Å². The zero-order valence-corrected chi connectivity index (χ0v) is 12.6. The molecular weight excluding hydrogens is 326 g/mol. The third-order valence-corrected chi connectivity index (χ3v) is 5.53. The highest BCUT2D eigenvalue weighted by Crippen LogP contribution is 2.29. The van der Waals surface area contributed by atoms with E-state index in [2.05, 4.69) is 45.7 Å². The van der Waals surface area contributed by atoms with E-state index >= 15 is 0 Å². The number of hydrogen-bond donors (Lipinski definition) is 1. The Hall–Kier alpha value is 0.130. The summed E-state index contributed by atoms with van der Waals surface area (Å²) in [6.07, 6.45) is 0. The quantitative estimate of drug-likeness (QED) is 0.821. The summed E-state index contributed by atoms with van der Waals surface area (Å²) in [6, 6.07) is 6.45. The van der Waals surface area contributed by atoms with E-state index in [0.29, 0.717) is 6.04 Å². The molecule has 2 aromatic heterocycles. The van der Waals surface area contributed by atoms with Gasteiger partial charge in [-0.25, -0.2) is 0 Å². The maximum Gasteiger partial charge on any atom is 0.0931 e. The molecule has 16 heavy (non-hydrogen) atoms. The van der Waals surface area contributed by atoms with Crippen molar-refractivity contribution in [3.05, 3.63) is 42.1 Å². The highest BCUT2D eigenvalue weighted by molar-refractivity contribution is 9.10. The molecule has 0 saturated carbocycles. The van der Waals surface area contributed by atoms with Gasteiger partial charge >= 0.3 is 0 Å². The van der Waals surface area contributed by atoms with Gasteiger partial charge in [-0.3, -0.25) is 0 Å². The van der Waals surface area contributed by atoms with Crippen LogP contribution in [0.2, 0.25) is 4.34 Å². The first kappa shape index (κ1) is 12.6. The molecule has 1 unspecified atom stereocenters. The highest BCUT2D eigenvalue weighted by Gasteiger charge is 2.10. The van der Waals surface area contributed by atoms with Crippen molar-refractivity contribution in [2.75, 3.05) is 0 Å². The standard InChI is InChI=1S/C11H11BrClNS2/c1-7(11-9(12)4-5-15-11)14-6-8-2-3-10(13)16-8/h2-5,7,14H,6H2,1H3. The van der Waals surface area contributed by atoms with Gasteiger partial charge < -0.3 is 5.32 Å². The molecule has 0 aliphatic carbocycles. The molecule has 0 aliphatic heterocycles. The molecule has 1 atom stereocenters. The van der Waals surface area contributed by atoms with Crippen LogP contribution in [-0.2, 0) is 6.54 Å². The Morgan fingerprint density at radius 2 is 2.25 bits per heavy atom. The highest BCUT2D eigenvalue weighted by atomic mass is 79.9. The van der Waals surface area contributed by atoms with Gasteiger partial charge in [0.15, 0.2) is 0 Å². The Morgan fingerprint density at radius 1 is 1.44 bits per heavy atom. The molecule has 86 valence electrons. The molecule has 2 aromatic rings. The molecule has 0 aromatic carbocycles. The summed E-state index contributed by atoms with van der Waals surface area (Å²) in [5.41, 5.74) is 0. The maximum absolute atomic E-state index is 5.89. The number of rotatable bonds is 4. The van der Waals surface area contributed by atoms with Gasteiger partial charge in [0.25, 0.3) is 0 Å². The van der Waals surface area contributed by atoms with Gasteiger partial charge in [-0.05, 0) is 46.4 Å². The zero-order chi connectivity index (χ0) is 11.5. The summed E-state index contributed by atoms with van der Waals surface area (Å²) in [5, 5.41) is 5.58. The van der Waals surface area contributed by atoms with Gasteiger partial charge in [0.2, 0.25) is 0 Å². The summed E-state index contributed by atoms with van der Waals surface area (Å²) in [6.45, 7) is 3.04. The molecule has 0 saturated heterocycles. The van der Waals surface area contributed by atoms with Crippen molar-refractivity contribution in [1.82, 2.24) is 5.32 Å². The van der Waals surface area contributed by atoms with Crippen LogP contribution in [0.4, 0.5) is 0 Å². The maximum atomic E-state index is 5.89. The van der Waals surface area contributed by atoms with E-state index in [1.165, 1.54) is 14.2 Å². The fourth-order valence-electron chi connectivity index (χ4n) is 1.41. The Labute approximate surface area is 117 Å². The second-order valence-corrected chi connectivity index (χ2v) is 7.04. The molecule has 0 bridgehead atoms. The molecule has 2 heterocycles. The summed E-state index contributed by atoms with van der Waals surface area (Å²) in [7, 11) is 0. The average Bonchev–Trinajstić information content (AvgIpc) is 2.84. The van der Waals surface area contributed by atoms with E-state index in [4.69, 9.17) is 11.6 Å². The third kappa shape index (κ3) is 3.08. The minimum absolute atomic E-state index is 0.357. The molecule has 0 spiro atoms. The molecule has 0 amide bonds. The van der Waals surface area contributed by atoms with Gasteiger partial charge in [-0.15, -0.1) is 22.7 Å². The minimum Gasteiger partial charge on any atom is -0.305 e. The first-order chi connectivity index (χ1) is 7.66.